The summed E-state index contributed by atoms with van der Waals surface area (Å²) in [7, 11) is -0.0431. The minimum atomic E-state index is -3.50. The van der Waals surface area contributed by atoms with Crippen LogP contribution >= 0.6 is 15.9 Å². The number of rotatable bonds is 3. The number of nitrogens with zero attached hydrogens (tertiary/aromatic N) is 2. The molecule has 1 fully saturated rings. The SMILES string of the molecule is CN(C)C(=O)C1CCN(S(=O)(=O)c2ccccc2Br)CC1. The number of benzene rings is 1. The molecule has 0 atom stereocenters. The van der Waals surface area contributed by atoms with E-state index in [-0.39, 0.29) is 16.7 Å². The Kier molecular flexibility index (Phi) is 5.06. The Bertz CT molecular complexity index is 623. The van der Waals surface area contributed by atoms with Crippen molar-refractivity contribution in [2.24, 2.45) is 5.92 Å². The fraction of sp³-hybridized carbons (Fsp3) is 0.500. The molecule has 116 valence electrons. The molecule has 1 aromatic carbocycles. The van der Waals surface area contributed by atoms with Crippen molar-refractivity contribution in [1.29, 1.82) is 0 Å². The highest BCUT2D eigenvalue weighted by Gasteiger charge is 2.33. The Labute approximate surface area is 134 Å². The number of carbonyl (C=O) groups excluding carboxylic acids is 1. The molecule has 1 saturated heterocycles. The van der Waals surface area contributed by atoms with E-state index in [1.165, 1.54) is 4.31 Å². The number of amides is 1. The van der Waals surface area contributed by atoms with Crippen molar-refractivity contribution in [1.82, 2.24) is 9.21 Å². The molecule has 0 bridgehead atoms. The van der Waals surface area contributed by atoms with E-state index in [4.69, 9.17) is 0 Å². The molecule has 1 aliphatic rings. The summed E-state index contributed by atoms with van der Waals surface area (Å²) >= 11 is 3.29. The number of carbonyl (C=O) groups is 1. The fourth-order valence-corrected chi connectivity index (χ4v) is 4.93. The zero-order valence-electron chi connectivity index (χ0n) is 12.1. The first-order valence-electron chi connectivity index (χ1n) is 6.80. The van der Waals surface area contributed by atoms with Crippen LogP contribution in [0.15, 0.2) is 33.6 Å². The van der Waals surface area contributed by atoms with Gasteiger partial charge in [0.25, 0.3) is 0 Å². The molecule has 5 nitrogen and oxygen atoms in total. The summed E-state index contributed by atoms with van der Waals surface area (Å²) in [6.07, 6.45) is 1.14. The third-order valence-electron chi connectivity index (χ3n) is 3.70. The Hall–Kier alpha value is -0.920. The number of sulfonamides is 1. The van der Waals surface area contributed by atoms with Gasteiger partial charge < -0.3 is 4.90 Å². The molecule has 1 amide bonds. The van der Waals surface area contributed by atoms with Crippen LogP contribution in [-0.2, 0) is 14.8 Å². The molecule has 0 aliphatic carbocycles. The second kappa shape index (κ2) is 6.46. The molecule has 7 heteroatoms. The molecule has 0 N–H and O–H groups in total. The lowest BCUT2D eigenvalue weighted by molar-refractivity contribution is -0.134. The zero-order valence-corrected chi connectivity index (χ0v) is 14.5. The third kappa shape index (κ3) is 3.46. The second-order valence-corrected chi connectivity index (χ2v) is 8.10. The van der Waals surface area contributed by atoms with Crippen LogP contribution in [0.5, 0.6) is 0 Å². The summed E-state index contributed by atoms with van der Waals surface area (Å²) < 4.78 is 27.3. The maximum Gasteiger partial charge on any atom is 0.244 e. The van der Waals surface area contributed by atoms with Crippen molar-refractivity contribution in [2.45, 2.75) is 17.7 Å². The lowest BCUT2D eigenvalue weighted by Gasteiger charge is -2.31. The monoisotopic (exact) mass is 374 g/mol. The average molecular weight is 375 g/mol. The van der Waals surface area contributed by atoms with Crippen molar-refractivity contribution < 1.29 is 13.2 Å². The fourth-order valence-electron chi connectivity index (χ4n) is 2.50. The Morgan fingerprint density at radius 3 is 2.33 bits per heavy atom. The van der Waals surface area contributed by atoms with Gasteiger partial charge in [-0.3, -0.25) is 4.79 Å². The van der Waals surface area contributed by atoms with Gasteiger partial charge in [0.2, 0.25) is 15.9 Å². The van der Waals surface area contributed by atoms with Crippen LogP contribution in [0.1, 0.15) is 12.8 Å². The molecule has 1 aromatic rings. The quantitative estimate of drug-likeness (QED) is 0.812. The van der Waals surface area contributed by atoms with Gasteiger partial charge in [0.05, 0.1) is 4.90 Å². The van der Waals surface area contributed by atoms with Crippen LogP contribution in [0.3, 0.4) is 0 Å². The molecule has 0 spiro atoms. The number of halogens is 1. The molecular weight excluding hydrogens is 356 g/mol. The van der Waals surface area contributed by atoms with Crippen molar-refractivity contribution >= 4 is 31.9 Å². The normalized spacial score (nSPS) is 17.7. The maximum absolute atomic E-state index is 12.6. The average Bonchev–Trinajstić information content (AvgIpc) is 2.46. The van der Waals surface area contributed by atoms with Gasteiger partial charge in [-0.2, -0.15) is 4.31 Å². The van der Waals surface area contributed by atoms with Crippen LogP contribution in [0, 0.1) is 5.92 Å². The number of hydrogen-bond acceptors (Lipinski definition) is 3. The third-order valence-corrected chi connectivity index (χ3v) is 6.61. The summed E-state index contributed by atoms with van der Waals surface area (Å²) in [6, 6.07) is 6.80. The van der Waals surface area contributed by atoms with E-state index >= 15 is 0 Å². The largest absolute Gasteiger partial charge is 0.349 e. The summed E-state index contributed by atoms with van der Waals surface area (Å²) in [5.74, 6) is -0.00129. The molecule has 0 aromatic heterocycles. The van der Waals surface area contributed by atoms with Crippen molar-refractivity contribution in [3.05, 3.63) is 28.7 Å². The molecular formula is C14H19BrN2O3S. The highest BCUT2D eigenvalue weighted by molar-refractivity contribution is 9.10. The first-order valence-corrected chi connectivity index (χ1v) is 9.03. The molecule has 0 radical (unpaired) electrons. The lowest BCUT2D eigenvalue weighted by atomic mass is 9.97. The summed E-state index contributed by atoms with van der Waals surface area (Å²) in [5.41, 5.74) is 0. The summed E-state index contributed by atoms with van der Waals surface area (Å²) in [5, 5.41) is 0. The Morgan fingerprint density at radius 1 is 1.24 bits per heavy atom. The molecule has 1 heterocycles. The van der Waals surface area contributed by atoms with Gasteiger partial charge in [-0.25, -0.2) is 8.42 Å². The summed E-state index contributed by atoms with van der Waals surface area (Å²) in [6.45, 7) is 0.766. The van der Waals surface area contributed by atoms with Gasteiger partial charge >= 0.3 is 0 Å². The van der Waals surface area contributed by atoms with Crippen LogP contribution in [-0.4, -0.2) is 50.7 Å². The zero-order chi connectivity index (χ0) is 15.6. The molecule has 21 heavy (non-hydrogen) atoms. The topological polar surface area (TPSA) is 57.7 Å². The number of hydrogen-bond donors (Lipinski definition) is 0. The standard InChI is InChI=1S/C14H19BrN2O3S/c1-16(2)14(18)11-7-9-17(10-8-11)21(19,20)13-6-4-3-5-12(13)15/h3-6,11H,7-10H2,1-2H3. The van der Waals surface area contributed by atoms with Crippen LogP contribution in [0.25, 0.3) is 0 Å². The van der Waals surface area contributed by atoms with Crippen LogP contribution < -0.4 is 0 Å². The van der Waals surface area contributed by atoms with Gasteiger partial charge in [0.15, 0.2) is 0 Å². The van der Waals surface area contributed by atoms with Gasteiger partial charge in [0.1, 0.15) is 0 Å². The smallest absolute Gasteiger partial charge is 0.244 e. The van der Waals surface area contributed by atoms with Crippen LogP contribution in [0.4, 0.5) is 0 Å². The van der Waals surface area contributed by atoms with Crippen molar-refractivity contribution in [3.63, 3.8) is 0 Å². The predicted octanol–water partition coefficient (Wildman–Crippen LogP) is 1.94. The van der Waals surface area contributed by atoms with Crippen molar-refractivity contribution in [2.75, 3.05) is 27.2 Å². The minimum absolute atomic E-state index is 0.0768. The predicted molar refractivity (Wildman–Crippen MR) is 84.3 cm³/mol. The number of piperidine rings is 1. The Morgan fingerprint density at radius 2 is 1.81 bits per heavy atom. The minimum Gasteiger partial charge on any atom is -0.349 e. The van der Waals surface area contributed by atoms with Gasteiger partial charge in [-0.1, -0.05) is 12.1 Å². The van der Waals surface area contributed by atoms with Crippen LogP contribution in [0.2, 0.25) is 0 Å². The highest BCUT2D eigenvalue weighted by atomic mass is 79.9. The first-order chi connectivity index (χ1) is 9.84. The van der Waals surface area contributed by atoms with E-state index in [2.05, 4.69) is 15.9 Å². The molecule has 0 saturated carbocycles. The Balaban J connectivity index is 2.12. The van der Waals surface area contributed by atoms with E-state index in [0.29, 0.717) is 30.4 Å². The molecule has 1 aliphatic heterocycles. The van der Waals surface area contributed by atoms with E-state index in [9.17, 15) is 13.2 Å². The van der Waals surface area contributed by atoms with E-state index in [1.807, 2.05) is 0 Å². The highest BCUT2D eigenvalue weighted by Crippen LogP contribution is 2.28. The summed E-state index contributed by atoms with van der Waals surface area (Å²) in [4.78, 5) is 13.8. The van der Waals surface area contributed by atoms with Gasteiger partial charge in [-0.05, 0) is 40.9 Å². The molecule has 0 unspecified atom stereocenters. The van der Waals surface area contributed by atoms with Gasteiger partial charge in [-0.15, -0.1) is 0 Å². The second-order valence-electron chi connectivity index (χ2n) is 5.34. The first kappa shape index (κ1) is 16.5. The lowest BCUT2D eigenvalue weighted by Crippen LogP contribution is -2.42. The van der Waals surface area contributed by atoms with Gasteiger partial charge in [0, 0.05) is 37.6 Å². The molecule has 2 rings (SSSR count). The van der Waals surface area contributed by atoms with E-state index in [0.717, 1.165) is 0 Å². The van der Waals surface area contributed by atoms with E-state index in [1.54, 1.807) is 43.3 Å². The maximum atomic E-state index is 12.6. The van der Waals surface area contributed by atoms with E-state index < -0.39 is 10.0 Å². The van der Waals surface area contributed by atoms with Crippen molar-refractivity contribution in [3.8, 4) is 0 Å².